The molecule has 3 rings (SSSR count). The van der Waals surface area contributed by atoms with Crippen LogP contribution in [0.4, 0.5) is 0 Å². The number of oxazole rings is 1. The molecule has 0 atom stereocenters. The number of hydrogen-bond donors (Lipinski definition) is 1. The van der Waals surface area contributed by atoms with Gasteiger partial charge >= 0.3 is 5.97 Å². The molecular weight excluding hydrogens is 308 g/mol. The number of fused-ring (bicyclic) bond motifs is 1. The molecule has 2 aromatic carbocycles. The molecule has 6 nitrogen and oxygen atoms in total. The Morgan fingerprint density at radius 2 is 2.17 bits per heavy atom. The predicted molar refractivity (Wildman–Crippen MR) is 84.4 cm³/mol. The lowest BCUT2D eigenvalue weighted by molar-refractivity contribution is 0.0697. The molecule has 0 amide bonds. The molecule has 24 heavy (non-hydrogen) atoms. The van der Waals surface area contributed by atoms with Crippen molar-refractivity contribution in [3.05, 3.63) is 59.0 Å². The Morgan fingerprint density at radius 3 is 2.88 bits per heavy atom. The molecule has 0 unspecified atom stereocenters. The largest absolute Gasteiger partial charge is 0.482 e. The number of carbonyl (C=O) groups is 1. The van der Waals surface area contributed by atoms with Crippen molar-refractivity contribution in [2.75, 3.05) is 0 Å². The van der Waals surface area contributed by atoms with Crippen LogP contribution in [0.25, 0.3) is 11.1 Å². The fraction of sp³-hybridized carbons (Fsp3) is 0.0556. The third-order valence-electron chi connectivity index (χ3n) is 3.30. The van der Waals surface area contributed by atoms with Gasteiger partial charge in [-0.05, 0) is 36.4 Å². The predicted octanol–water partition coefficient (Wildman–Crippen LogP) is 2.96. The second kappa shape index (κ2) is 6.15. The Balaban J connectivity index is 1.82. The van der Waals surface area contributed by atoms with Crippen molar-refractivity contribution in [1.82, 2.24) is 4.98 Å². The molecule has 0 bridgehead atoms. The highest BCUT2D eigenvalue weighted by Gasteiger charge is 2.11. The summed E-state index contributed by atoms with van der Waals surface area (Å²) < 4.78 is 11.0. The molecule has 0 aliphatic rings. The van der Waals surface area contributed by atoms with E-state index in [2.05, 4.69) is 10.9 Å². The number of aromatic carboxylic acids is 1. The quantitative estimate of drug-likeness (QED) is 0.743. The van der Waals surface area contributed by atoms with Gasteiger partial charge in [0.1, 0.15) is 17.3 Å². The van der Waals surface area contributed by atoms with Gasteiger partial charge in [0, 0.05) is 5.56 Å². The van der Waals surface area contributed by atoms with Crippen LogP contribution in [0, 0.1) is 23.7 Å². The lowest BCUT2D eigenvalue weighted by Crippen LogP contribution is -1.97. The molecule has 0 saturated heterocycles. The second-order valence-corrected chi connectivity index (χ2v) is 4.85. The molecule has 0 radical (unpaired) electrons. The summed E-state index contributed by atoms with van der Waals surface area (Å²) in [6.45, 7) is 0.00116. The Morgan fingerprint density at radius 1 is 1.33 bits per heavy atom. The van der Waals surface area contributed by atoms with E-state index in [0.717, 1.165) is 0 Å². The van der Waals surface area contributed by atoms with Crippen molar-refractivity contribution in [2.45, 2.75) is 6.61 Å². The maximum absolute atomic E-state index is 11.0. The zero-order chi connectivity index (χ0) is 17.1. The molecule has 1 heterocycles. The standard InChI is InChI=1S/C18H10N2O4/c1-2-11-3-6-15(13(7-11)9-19)23-10-17-20-14-5-4-12(18(21)22)8-16(14)24-17/h1,3-8H,10H2,(H,21,22). The van der Waals surface area contributed by atoms with Crippen molar-refractivity contribution < 1.29 is 19.1 Å². The van der Waals surface area contributed by atoms with E-state index >= 15 is 0 Å². The third-order valence-corrected chi connectivity index (χ3v) is 3.30. The summed E-state index contributed by atoms with van der Waals surface area (Å²) in [7, 11) is 0. The average molecular weight is 318 g/mol. The van der Waals surface area contributed by atoms with Crippen LogP contribution in [0.15, 0.2) is 40.8 Å². The van der Waals surface area contributed by atoms with Gasteiger partial charge in [-0.25, -0.2) is 9.78 Å². The van der Waals surface area contributed by atoms with E-state index in [9.17, 15) is 4.79 Å². The Bertz CT molecular complexity index is 1020. The summed E-state index contributed by atoms with van der Waals surface area (Å²) in [6.07, 6.45) is 5.30. The van der Waals surface area contributed by atoms with Gasteiger partial charge in [-0.3, -0.25) is 0 Å². The number of benzene rings is 2. The minimum atomic E-state index is -1.04. The lowest BCUT2D eigenvalue weighted by Gasteiger charge is -2.05. The fourth-order valence-corrected chi connectivity index (χ4v) is 2.14. The molecule has 0 saturated carbocycles. The first kappa shape index (κ1) is 15.1. The number of carboxylic acid groups (broad SMARTS) is 1. The molecule has 0 aliphatic carbocycles. The topological polar surface area (TPSA) is 96.3 Å². The number of nitriles is 1. The number of aromatic nitrogens is 1. The molecule has 6 heteroatoms. The molecule has 0 spiro atoms. The monoisotopic (exact) mass is 318 g/mol. The normalized spacial score (nSPS) is 10.1. The highest BCUT2D eigenvalue weighted by Crippen LogP contribution is 2.22. The summed E-state index contributed by atoms with van der Waals surface area (Å²) in [4.78, 5) is 15.2. The Kier molecular flexibility index (Phi) is 3.88. The Labute approximate surface area is 136 Å². The molecule has 116 valence electrons. The molecule has 3 aromatic rings. The number of carboxylic acids is 1. The highest BCUT2D eigenvalue weighted by molar-refractivity contribution is 5.91. The van der Waals surface area contributed by atoms with E-state index in [1.807, 2.05) is 6.07 Å². The smallest absolute Gasteiger partial charge is 0.335 e. The molecule has 1 N–H and O–H groups in total. The lowest BCUT2D eigenvalue weighted by atomic mass is 10.1. The summed E-state index contributed by atoms with van der Waals surface area (Å²) in [5.74, 6) is 2.05. The van der Waals surface area contributed by atoms with E-state index in [0.29, 0.717) is 28.0 Å². The van der Waals surface area contributed by atoms with Crippen LogP contribution in [0.2, 0.25) is 0 Å². The summed E-state index contributed by atoms with van der Waals surface area (Å²) in [5.41, 5.74) is 1.90. The van der Waals surface area contributed by atoms with Gasteiger partial charge in [0.15, 0.2) is 12.2 Å². The molecule has 1 aromatic heterocycles. The van der Waals surface area contributed by atoms with Crippen LogP contribution in [-0.2, 0) is 6.61 Å². The minimum Gasteiger partial charge on any atom is -0.482 e. The van der Waals surface area contributed by atoms with Gasteiger partial charge in [0.2, 0.25) is 5.89 Å². The van der Waals surface area contributed by atoms with Crippen molar-refractivity contribution in [2.24, 2.45) is 0 Å². The second-order valence-electron chi connectivity index (χ2n) is 4.85. The van der Waals surface area contributed by atoms with Crippen LogP contribution in [0.3, 0.4) is 0 Å². The zero-order valence-corrected chi connectivity index (χ0v) is 12.3. The maximum Gasteiger partial charge on any atom is 0.335 e. The summed E-state index contributed by atoms with van der Waals surface area (Å²) in [5, 5.41) is 18.1. The molecular formula is C18H10N2O4. The maximum atomic E-state index is 11.0. The van der Waals surface area contributed by atoms with E-state index in [1.54, 1.807) is 24.3 Å². The van der Waals surface area contributed by atoms with Crippen LogP contribution in [0.1, 0.15) is 27.4 Å². The van der Waals surface area contributed by atoms with E-state index < -0.39 is 5.97 Å². The van der Waals surface area contributed by atoms with Gasteiger partial charge in [0.25, 0.3) is 0 Å². The zero-order valence-electron chi connectivity index (χ0n) is 12.3. The van der Waals surface area contributed by atoms with Crippen LogP contribution in [0.5, 0.6) is 5.75 Å². The summed E-state index contributed by atoms with van der Waals surface area (Å²) >= 11 is 0. The molecule has 0 aliphatic heterocycles. The van der Waals surface area contributed by atoms with Crippen LogP contribution in [-0.4, -0.2) is 16.1 Å². The van der Waals surface area contributed by atoms with Crippen molar-refractivity contribution in [1.29, 1.82) is 5.26 Å². The van der Waals surface area contributed by atoms with E-state index in [1.165, 1.54) is 12.1 Å². The van der Waals surface area contributed by atoms with Gasteiger partial charge in [-0.1, -0.05) is 5.92 Å². The number of rotatable bonds is 4. The average Bonchev–Trinajstić information content (AvgIpc) is 3.01. The first-order valence-corrected chi connectivity index (χ1v) is 6.87. The number of ether oxygens (including phenoxy) is 1. The van der Waals surface area contributed by atoms with Crippen molar-refractivity contribution in [3.8, 4) is 24.2 Å². The first-order valence-electron chi connectivity index (χ1n) is 6.87. The molecule has 0 fully saturated rings. The van der Waals surface area contributed by atoms with Crippen LogP contribution >= 0.6 is 0 Å². The Hall–Kier alpha value is -3.77. The number of hydrogen-bond acceptors (Lipinski definition) is 5. The third kappa shape index (κ3) is 2.90. The van der Waals surface area contributed by atoms with Crippen LogP contribution < -0.4 is 4.74 Å². The van der Waals surface area contributed by atoms with E-state index in [-0.39, 0.29) is 18.1 Å². The minimum absolute atomic E-state index is 0.00116. The van der Waals surface area contributed by atoms with Gasteiger partial charge < -0.3 is 14.3 Å². The van der Waals surface area contributed by atoms with E-state index in [4.69, 9.17) is 25.9 Å². The van der Waals surface area contributed by atoms with Crippen molar-refractivity contribution in [3.63, 3.8) is 0 Å². The summed E-state index contributed by atoms with van der Waals surface area (Å²) in [6, 6.07) is 11.3. The van der Waals surface area contributed by atoms with Crippen molar-refractivity contribution >= 4 is 17.1 Å². The first-order chi connectivity index (χ1) is 11.6. The highest BCUT2D eigenvalue weighted by atomic mass is 16.5. The number of terminal acetylenes is 1. The van der Waals surface area contributed by atoms with Gasteiger partial charge in [-0.15, -0.1) is 6.42 Å². The SMILES string of the molecule is C#Cc1ccc(OCc2nc3ccc(C(=O)O)cc3o2)c(C#N)c1. The number of nitrogens with zero attached hydrogens (tertiary/aromatic N) is 2. The van der Waals surface area contributed by atoms with Gasteiger partial charge in [-0.2, -0.15) is 5.26 Å². The van der Waals surface area contributed by atoms with Gasteiger partial charge in [0.05, 0.1) is 11.1 Å². The fourth-order valence-electron chi connectivity index (χ4n) is 2.14.